The Labute approximate surface area is 230 Å². The molecule has 9 nitrogen and oxygen atoms in total. The lowest BCUT2D eigenvalue weighted by molar-refractivity contribution is -0.115. The monoisotopic (exact) mass is 537 g/mol. The molecule has 1 aliphatic heterocycles. The van der Waals surface area contributed by atoms with Crippen molar-refractivity contribution in [2.75, 3.05) is 41.8 Å². The van der Waals surface area contributed by atoms with Gasteiger partial charge in [0, 0.05) is 30.5 Å². The van der Waals surface area contributed by atoms with E-state index in [4.69, 9.17) is 9.72 Å². The first-order valence-corrected chi connectivity index (χ1v) is 13.1. The van der Waals surface area contributed by atoms with Crippen molar-refractivity contribution in [2.24, 2.45) is 0 Å². The van der Waals surface area contributed by atoms with E-state index in [1.54, 1.807) is 16.6 Å². The van der Waals surface area contributed by atoms with Crippen LogP contribution in [0.15, 0.2) is 79.0 Å². The van der Waals surface area contributed by atoms with Gasteiger partial charge in [-0.15, -0.1) is 5.10 Å². The summed E-state index contributed by atoms with van der Waals surface area (Å²) in [5.41, 5.74) is 5.81. The number of amides is 1. The molecular formula is C30H28FN7O2. The van der Waals surface area contributed by atoms with Gasteiger partial charge in [0.1, 0.15) is 11.6 Å². The molecule has 0 aliphatic carbocycles. The summed E-state index contributed by atoms with van der Waals surface area (Å²) >= 11 is 0. The Hall–Kier alpha value is -4.83. The number of hydrogen-bond acceptors (Lipinski definition) is 7. The molecule has 1 fully saturated rings. The summed E-state index contributed by atoms with van der Waals surface area (Å²) in [6.07, 6.45) is 2.09. The van der Waals surface area contributed by atoms with Crippen molar-refractivity contribution in [1.29, 1.82) is 0 Å². The van der Waals surface area contributed by atoms with E-state index in [2.05, 4.69) is 25.6 Å². The summed E-state index contributed by atoms with van der Waals surface area (Å²) < 4.78 is 20.3. The number of nitrogens with zero attached hydrogens (tertiary/aromatic N) is 5. The van der Waals surface area contributed by atoms with E-state index in [9.17, 15) is 9.18 Å². The summed E-state index contributed by atoms with van der Waals surface area (Å²) in [6, 6.07) is 21.4. The first-order valence-electron chi connectivity index (χ1n) is 13.1. The van der Waals surface area contributed by atoms with Gasteiger partial charge < -0.3 is 20.3 Å². The molecule has 0 saturated carbocycles. The summed E-state index contributed by atoms with van der Waals surface area (Å²) in [4.78, 5) is 23.9. The van der Waals surface area contributed by atoms with Crippen LogP contribution < -0.4 is 15.5 Å². The first kappa shape index (κ1) is 25.4. The molecule has 3 aromatic heterocycles. The lowest BCUT2D eigenvalue weighted by Crippen LogP contribution is -2.36. The maximum absolute atomic E-state index is 13.1. The lowest BCUT2D eigenvalue weighted by atomic mass is 10.1. The highest BCUT2D eigenvalue weighted by Crippen LogP contribution is 2.25. The van der Waals surface area contributed by atoms with E-state index in [1.807, 2.05) is 61.7 Å². The highest BCUT2D eigenvalue weighted by molar-refractivity contribution is 5.92. The number of aromatic nitrogens is 4. The zero-order valence-electron chi connectivity index (χ0n) is 22.0. The van der Waals surface area contributed by atoms with Gasteiger partial charge in [0.2, 0.25) is 11.9 Å². The van der Waals surface area contributed by atoms with Gasteiger partial charge in [0.25, 0.3) is 0 Å². The Morgan fingerprint density at radius 3 is 2.42 bits per heavy atom. The fourth-order valence-electron chi connectivity index (χ4n) is 4.61. The molecule has 10 heteroatoms. The minimum absolute atomic E-state index is 0.162. The normalized spacial score (nSPS) is 13.4. The Morgan fingerprint density at radius 1 is 0.925 bits per heavy atom. The molecule has 0 bridgehead atoms. The Balaban J connectivity index is 1.12. The molecule has 0 unspecified atom stereocenters. The number of benzene rings is 2. The molecule has 5 aromatic rings. The van der Waals surface area contributed by atoms with Crippen molar-refractivity contribution in [1.82, 2.24) is 19.6 Å². The second kappa shape index (κ2) is 11.1. The van der Waals surface area contributed by atoms with Gasteiger partial charge in [-0.25, -0.2) is 13.9 Å². The number of fused-ring (bicyclic) bond motifs is 1. The second-order valence-electron chi connectivity index (χ2n) is 9.61. The van der Waals surface area contributed by atoms with E-state index < -0.39 is 0 Å². The van der Waals surface area contributed by atoms with Crippen LogP contribution in [0.25, 0.3) is 16.8 Å². The van der Waals surface area contributed by atoms with Crippen LogP contribution in [0.3, 0.4) is 0 Å². The number of hydrogen-bond donors (Lipinski definition) is 2. The van der Waals surface area contributed by atoms with Crippen LogP contribution >= 0.6 is 0 Å². The van der Waals surface area contributed by atoms with Gasteiger partial charge in [0.15, 0.2) is 5.65 Å². The molecule has 1 saturated heterocycles. The van der Waals surface area contributed by atoms with Crippen molar-refractivity contribution in [3.05, 3.63) is 96.1 Å². The summed E-state index contributed by atoms with van der Waals surface area (Å²) in [6.45, 7) is 5.07. The van der Waals surface area contributed by atoms with Crippen LogP contribution in [0.1, 0.15) is 11.3 Å². The van der Waals surface area contributed by atoms with Crippen molar-refractivity contribution < 1.29 is 13.9 Å². The van der Waals surface area contributed by atoms with Crippen molar-refractivity contribution in [3.63, 3.8) is 0 Å². The molecule has 6 rings (SSSR count). The molecule has 2 aromatic carbocycles. The zero-order chi connectivity index (χ0) is 27.5. The molecule has 4 heterocycles. The highest BCUT2D eigenvalue weighted by Gasteiger charge is 2.14. The molecule has 2 N–H and O–H groups in total. The van der Waals surface area contributed by atoms with Gasteiger partial charge in [-0.2, -0.15) is 4.98 Å². The molecule has 40 heavy (non-hydrogen) atoms. The third-order valence-corrected chi connectivity index (χ3v) is 6.76. The fraction of sp³-hybridized carbons (Fsp3) is 0.200. The van der Waals surface area contributed by atoms with E-state index in [0.717, 1.165) is 47.0 Å². The van der Waals surface area contributed by atoms with Crippen LogP contribution in [0.2, 0.25) is 0 Å². The molecule has 0 spiro atoms. The average Bonchev–Trinajstić information content (AvgIpc) is 3.38. The van der Waals surface area contributed by atoms with E-state index in [0.29, 0.717) is 30.5 Å². The number of nitrogens with one attached hydrogen (secondary N) is 2. The predicted molar refractivity (Wildman–Crippen MR) is 152 cm³/mol. The first-order chi connectivity index (χ1) is 19.5. The molecule has 1 amide bonds. The Morgan fingerprint density at radius 2 is 1.68 bits per heavy atom. The van der Waals surface area contributed by atoms with Gasteiger partial charge in [0.05, 0.1) is 31.0 Å². The number of morpholine rings is 1. The number of carbonyl (C=O) groups is 1. The van der Waals surface area contributed by atoms with Gasteiger partial charge in [-0.1, -0.05) is 24.3 Å². The van der Waals surface area contributed by atoms with Crippen molar-refractivity contribution in [2.45, 2.75) is 13.3 Å². The number of rotatable bonds is 7. The van der Waals surface area contributed by atoms with Crippen LogP contribution in [-0.4, -0.2) is 51.8 Å². The number of pyridine rings is 2. The van der Waals surface area contributed by atoms with Crippen LogP contribution in [0, 0.1) is 12.7 Å². The third-order valence-electron chi connectivity index (χ3n) is 6.76. The SMILES string of the molecule is Cc1nc(N2CCOCC2)ccc1Nc1nc2ccc(-c3ccc(NC(=O)Cc4ccc(F)cc4)cc3)cn2n1. The Kier molecular flexibility index (Phi) is 7.07. The van der Waals surface area contributed by atoms with Gasteiger partial charge in [-0.3, -0.25) is 4.79 Å². The number of halogens is 1. The molecule has 202 valence electrons. The summed E-state index contributed by atoms with van der Waals surface area (Å²) in [7, 11) is 0. The number of anilines is 4. The molecule has 0 radical (unpaired) electrons. The minimum atomic E-state index is -0.321. The quantitative estimate of drug-likeness (QED) is 0.302. The van der Waals surface area contributed by atoms with Crippen molar-refractivity contribution in [3.8, 4) is 11.1 Å². The van der Waals surface area contributed by atoms with E-state index >= 15 is 0 Å². The number of ether oxygens (including phenoxy) is 1. The minimum Gasteiger partial charge on any atom is -0.378 e. The van der Waals surface area contributed by atoms with Gasteiger partial charge in [-0.05, 0) is 66.6 Å². The maximum Gasteiger partial charge on any atom is 0.247 e. The summed E-state index contributed by atoms with van der Waals surface area (Å²) in [5.74, 6) is 0.945. The van der Waals surface area contributed by atoms with Gasteiger partial charge >= 0.3 is 0 Å². The van der Waals surface area contributed by atoms with E-state index in [1.165, 1.54) is 12.1 Å². The number of carbonyl (C=O) groups excluding carboxylic acids is 1. The van der Waals surface area contributed by atoms with Crippen LogP contribution in [-0.2, 0) is 16.0 Å². The largest absolute Gasteiger partial charge is 0.378 e. The second-order valence-corrected chi connectivity index (χ2v) is 9.61. The molecule has 1 aliphatic rings. The maximum atomic E-state index is 13.1. The molecule has 0 atom stereocenters. The van der Waals surface area contributed by atoms with Crippen LogP contribution in [0.4, 0.5) is 27.5 Å². The highest BCUT2D eigenvalue weighted by atomic mass is 19.1. The summed E-state index contributed by atoms with van der Waals surface area (Å²) in [5, 5.41) is 10.8. The topological polar surface area (TPSA) is 96.7 Å². The van der Waals surface area contributed by atoms with E-state index in [-0.39, 0.29) is 18.1 Å². The molecular weight excluding hydrogens is 509 g/mol. The standard InChI is InChI=1S/C30H28FN7O2/c1-20-26(11-13-27(32-20)37-14-16-40-17-15-37)34-30-35-28-12-6-23(19-38(28)36-30)22-4-9-25(10-5-22)33-29(39)18-21-2-7-24(31)8-3-21/h2-13,19H,14-18H2,1H3,(H,33,39)(H,34,36). The van der Waals surface area contributed by atoms with Crippen LogP contribution in [0.5, 0.6) is 0 Å². The zero-order valence-corrected chi connectivity index (χ0v) is 22.0. The Bertz CT molecular complexity index is 1650. The fourth-order valence-corrected chi connectivity index (χ4v) is 4.61. The average molecular weight is 538 g/mol. The third kappa shape index (κ3) is 5.76. The van der Waals surface area contributed by atoms with Crippen molar-refractivity contribution >= 4 is 34.7 Å². The smallest absolute Gasteiger partial charge is 0.247 e. The number of aryl methyl sites for hydroxylation is 1. The predicted octanol–water partition coefficient (Wildman–Crippen LogP) is 5.00. The lowest BCUT2D eigenvalue weighted by Gasteiger charge is -2.28.